The Bertz CT molecular complexity index is 278. The summed E-state index contributed by atoms with van der Waals surface area (Å²) in [6.07, 6.45) is 8.68. The molecule has 1 aliphatic rings. The highest BCUT2D eigenvalue weighted by Crippen LogP contribution is 2.34. The highest BCUT2D eigenvalue weighted by atomic mass is 14.7. The fourth-order valence-corrected chi connectivity index (χ4v) is 2.69. The van der Waals surface area contributed by atoms with E-state index in [1.54, 1.807) is 0 Å². The van der Waals surface area contributed by atoms with E-state index in [0.717, 1.165) is 12.5 Å². The molecule has 0 aliphatic heterocycles. The fourth-order valence-electron chi connectivity index (χ4n) is 2.69. The van der Waals surface area contributed by atoms with Crippen LogP contribution in [0.15, 0.2) is 24.4 Å². The van der Waals surface area contributed by atoms with Gasteiger partial charge in [-0.25, -0.2) is 0 Å². The normalized spacial score (nSPS) is 20.1. The van der Waals surface area contributed by atoms with E-state index in [1.165, 1.54) is 37.8 Å². The number of nitrogens with two attached hydrogens (primary N) is 1. The zero-order chi connectivity index (χ0) is 10.5. The fraction of sp³-hybridized carbons (Fsp3) is 0.615. The van der Waals surface area contributed by atoms with Crippen molar-refractivity contribution in [2.75, 3.05) is 6.54 Å². The van der Waals surface area contributed by atoms with Crippen molar-refractivity contribution < 1.29 is 0 Å². The third kappa shape index (κ3) is 2.57. The van der Waals surface area contributed by atoms with Crippen LogP contribution in [-0.4, -0.2) is 11.5 Å². The average molecular weight is 204 g/mol. The zero-order valence-corrected chi connectivity index (χ0v) is 9.23. The Balaban J connectivity index is 2.09. The Kier molecular flexibility index (Phi) is 3.73. The Labute approximate surface area is 91.9 Å². The molecule has 0 amide bonds. The lowest BCUT2D eigenvalue weighted by Gasteiger charge is -2.28. The van der Waals surface area contributed by atoms with Crippen LogP contribution < -0.4 is 5.73 Å². The van der Waals surface area contributed by atoms with Crippen molar-refractivity contribution in [3.63, 3.8) is 0 Å². The molecule has 1 aliphatic carbocycles. The summed E-state index contributed by atoms with van der Waals surface area (Å²) in [5.41, 5.74) is 7.08. The molecular weight excluding hydrogens is 184 g/mol. The van der Waals surface area contributed by atoms with Crippen molar-refractivity contribution in [2.24, 2.45) is 11.7 Å². The first kappa shape index (κ1) is 10.6. The monoisotopic (exact) mass is 204 g/mol. The van der Waals surface area contributed by atoms with E-state index in [4.69, 9.17) is 5.73 Å². The SMILES string of the molecule is NC[C@H](c1ccccn1)C1CCCCC1. The maximum atomic E-state index is 5.90. The predicted molar refractivity (Wildman–Crippen MR) is 62.6 cm³/mol. The van der Waals surface area contributed by atoms with Crippen LogP contribution in [-0.2, 0) is 0 Å². The largest absolute Gasteiger partial charge is 0.330 e. The van der Waals surface area contributed by atoms with Crippen molar-refractivity contribution in [2.45, 2.75) is 38.0 Å². The van der Waals surface area contributed by atoms with Gasteiger partial charge in [0.25, 0.3) is 0 Å². The van der Waals surface area contributed by atoms with Crippen LogP contribution in [0.3, 0.4) is 0 Å². The first-order chi connectivity index (χ1) is 7.42. The van der Waals surface area contributed by atoms with Gasteiger partial charge < -0.3 is 5.73 Å². The van der Waals surface area contributed by atoms with E-state index in [-0.39, 0.29) is 0 Å². The number of nitrogens with zero attached hydrogens (tertiary/aromatic N) is 1. The summed E-state index contributed by atoms with van der Waals surface area (Å²) >= 11 is 0. The quantitative estimate of drug-likeness (QED) is 0.822. The molecule has 2 nitrogen and oxygen atoms in total. The molecule has 0 aromatic carbocycles. The summed E-state index contributed by atoms with van der Waals surface area (Å²) in [5, 5.41) is 0. The van der Waals surface area contributed by atoms with E-state index >= 15 is 0 Å². The van der Waals surface area contributed by atoms with Crippen LogP contribution >= 0.6 is 0 Å². The number of hydrogen-bond donors (Lipinski definition) is 1. The second-order valence-corrected chi connectivity index (χ2v) is 4.49. The third-order valence-corrected chi connectivity index (χ3v) is 3.54. The molecule has 1 saturated carbocycles. The molecule has 82 valence electrons. The lowest BCUT2D eigenvalue weighted by atomic mass is 9.78. The van der Waals surface area contributed by atoms with Crippen LogP contribution in [0.1, 0.15) is 43.7 Å². The highest BCUT2D eigenvalue weighted by Gasteiger charge is 2.24. The summed E-state index contributed by atoms with van der Waals surface area (Å²) in [6, 6.07) is 6.15. The van der Waals surface area contributed by atoms with Gasteiger partial charge in [-0.1, -0.05) is 25.3 Å². The van der Waals surface area contributed by atoms with Crippen molar-refractivity contribution in [1.29, 1.82) is 0 Å². The molecule has 0 bridgehead atoms. The summed E-state index contributed by atoms with van der Waals surface area (Å²) in [7, 11) is 0. The minimum absolute atomic E-state index is 0.478. The van der Waals surface area contributed by atoms with Gasteiger partial charge in [0.2, 0.25) is 0 Å². The zero-order valence-electron chi connectivity index (χ0n) is 9.23. The molecule has 0 saturated heterocycles. The standard InChI is InChI=1S/C13H20N2/c14-10-12(11-6-2-1-3-7-11)13-8-4-5-9-15-13/h4-5,8-9,11-12H,1-3,6-7,10,14H2/t12-/m0/s1. The smallest absolute Gasteiger partial charge is 0.0449 e. The van der Waals surface area contributed by atoms with Gasteiger partial charge in [-0.3, -0.25) is 4.98 Å². The van der Waals surface area contributed by atoms with E-state index < -0.39 is 0 Å². The molecule has 2 heteroatoms. The lowest BCUT2D eigenvalue weighted by Crippen LogP contribution is -2.24. The number of aromatic nitrogens is 1. The van der Waals surface area contributed by atoms with Gasteiger partial charge >= 0.3 is 0 Å². The average Bonchev–Trinajstić information content (AvgIpc) is 2.33. The molecule has 2 N–H and O–H groups in total. The van der Waals surface area contributed by atoms with Gasteiger partial charge in [0.1, 0.15) is 0 Å². The van der Waals surface area contributed by atoms with Crippen LogP contribution in [0.25, 0.3) is 0 Å². The minimum Gasteiger partial charge on any atom is -0.330 e. The summed E-state index contributed by atoms with van der Waals surface area (Å²) in [4.78, 5) is 4.45. The predicted octanol–water partition coefficient (Wildman–Crippen LogP) is 2.70. The molecule has 1 atom stereocenters. The molecule has 1 aromatic heterocycles. The van der Waals surface area contributed by atoms with E-state index in [1.807, 2.05) is 12.3 Å². The molecule has 0 spiro atoms. The second kappa shape index (κ2) is 5.26. The van der Waals surface area contributed by atoms with Gasteiger partial charge in [0.05, 0.1) is 0 Å². The Morgan fingerprint density at radius 2 is 2.07 bits per heavy atom. The van der Waals surface area contributed by atoms with Gasteiger partial charge in [-0.05, 0) is 30.9 Å². The molecule has 15 heavy (non-hydrogen) atoms. The molecule has 2 rings (SSSR count). The molecular formula is C13H20N2. The van der Waals surface area contributed by atoms with Crippen molar-refractivity contribution in [1.82, 2.24) is 4.98 Å². The Morgan fingerprint density at radius 3 is 2.67 bits per heavy atom. The molecule has 1 fully saturated rings. The van der Waals surface area contributed by atoms with Gasteiger partial charge in [-0.15, -0.1) is 0 Å². The Hall–Kier alpha value is -0.890. The van der Waals surface area contributed by atoms with Crippen LogP contribution in [0.5, 0.6) is 0 Å². The minimum atomic E-state index is 0.478. The van der Waals surface area contributed by atoms with E-state index in [0.29, 0.717) is 5.92 Å². The number of hydrogen-bond acceptors (Lipinski definition) is 2. The second-order valence-electron chi connectivity index (χ2n) is 4.49. The van der Waals surface area contributed by atoms with Crippen LogP contribution in [0.4, 0.5) is 0 Å². The summed E-state index contributed by atoms with van der Waals surface area (Å²) in [6.45, 7) is 0.738. The molecule has 1 heterocycles. The van der Waals surface area contributed by atoms with Crippen molar-refractivity contribution in [3.05, 3.63) is 30.1 Å². The Morgan fingerprint density at radius 1 is 1.27 bits per heavy atom. The van der Waals surface area contributed by atoms with E-state index in [9.17, 15) is 0 Å². The lowest BCUT2D eigenvalue weighted by molar-refractivity contribution is 0.304. The highest BCUT2D eigenvalue weighted by molar-refractivity contribution is 5.11. The van der Waals surface area contributed by atoms with Crippen LogP contribution in [0, 0.1) is 5.92 Å². The summed E-state index contributed by atoms with van der Waals surface area (Å²) in [5.74, 6) is 1.24. The number of rotatable bonds is 3. The maximum Gasteiger partial charge on any atom is 0.0449 e. The van der Waals surface area contributed by atoms with E-state index in [2.05, 4.69) is 17.1 Å². The summed E-state index contributed by atoms with van der Waals surface area (Å²) < 4.78 is 0. The topological polar surface area (TPSA) is 38.9 Å². The molecule has 0 radical (unpaired) electrons. The maximum absolute atomic E-state index is 5.90. The van der Waals surface area contributed by atoms with Crippen LogP contribution in [0.2, 0.25) is 0 Å². The number of pyridine rings is 1. The van der Waals surface area contributed by atoms with Crippen molar-refractivity contribution >= 4 is 0 Å². The van der Waals surface area contributed by atoms with Gasteiger partial charge in [0.15, 0.2) is 0 Å². The van der Waals surface area contributed by atoms with Gasteiger partial charge in [-0.2, -0.15) is 0 Å². The van der Waals surface area contributed by atoms with Crippen molar-refractivity contribution in [3.8, 4) is 0 Å². The first-order valence-electron chi connectivity index (χ1n) is 6.03. The molecule has 0 unspecified atom stereocenters. The molecule has 1 aromatic rings. The van der Waals surface area contributed by atoms with Gasteiger partial charge in [0, 0.05) is 24.4 Å². The first-order valence-corrected chi connectivity index (χ1v) is 6.03. The third-order valence-electron chi connectivity index (χ3n) is 3.54.